The molecule has 0 amide bonds. The first kappa shape index (κ1) is 14.2. The molecule has 4 heteroatoms. The molecule has 1 heterocycles. The molecule has 0 fully saturated rings. The van der Waals surface area contributed by atoms with Gasteiger partial charge in [0.1, 0.15) is 0 Å². The van der Waals surface area contributed by atoms with Crippen LogP contribution < -0.4 is 5.32 Å². The van der Waals surface area contributed by atoms with Crippen LogP contribution in [0.15, 0.2) is 6.20 Å². The van der Waals surface area contributed by atoms with E-state index in [1.54, 1.807) is 0 Å². The second-order valence-corrected chi connectivity index (χ2v) is 4.35. The quantitative estimate of drug-likeness (QED) is 0.707. The molecule has 0 aliphatic heterocycles. The minimum Gasteiger partial charge on any atom is -0.381 e. The van der Waals surface area contributed by atoms with E-state index in [9.17, 15) is 0 Å². The highest BCUT2D eigenvalue weighted by Crippen LogP contribution is 2.19. The Hall–Kier alpha value is -0.870. The lowest BCUT2D eigenvalue weighted by atomic mass is 10.1. The van der Waals surface area contributed by atoms with Crippen molar-refractivity contribution in [2.24, 2.45) is 7.05 Å². The molecule has 17 heavy (non-hydrogen) atoms. The summed E-state index contributed by atoms with van der Waals surface area (Å²) in [7, 11) is 2.00. The van der Waals surface area contributed by atoms with Gasteiger partial charge >= 0.3 is 0 Å². The van der Waals surface area contributed by atoms with Crippen molar-refractivity contribution in [2.45, 2.75) is 39.7 Å². The average Bonchev–Trinajstić information content (AvgIpc) is 2.63. The van der Waals surface area contributed by atoms with Crippen LogP contribution in [-0.2, 0) is 11.8 Å². The number of nitrogens with one attached hydrogen (secondary N) is 1. The molecule has 0 saturated heterocycles. The van der Waals surface area contributed by atoms with E-state index in [0.717, 1.165) is 32.6 Å². The number of rotatable bonds is 8. The van der Waals surface area contributed by atoms with E-state index in [1.165, 1.54) is 11.3 Å². The van der Waals surface area contributed by atoms with E-state index in [-0.39, 0.29) is 0 Å². The molecule has 4 nitrogen and oxygen atoms in total. The SMILES string of the molecule is CCCOCCC(NCC)c1c(C)cnn1C. The van der Waals surface area contributed by atoms with E-state index < -0.39 is 0 Å². The van der Waals surface area contributed by atoms with E-state index in [0.29, 0.717) is 6.04 Å². The van der Waals surface area contributed by atoms with Gasteiger partial charge in [-0.2, -0.15) is 5.10 Å². The minimum absolute atomic E-state index is 0.337. The topological polar surface area (TPSA) is 39.1 Å². The summed E-state index contributed by atoms with van der Waals surface area (Å²) < 4.78 is 7.53. The fraction of sp³-hybridized carbons (Fsp3) is 0.769. The standard InChI is InChI=1S/C13H25N3O/c1-5-8-17-9-7-12(14-6-2)13-11(3)10-15-16(13)4/h10,12,14H,5-9H2,1-4H3. The fourth-order valence-electron chi connectivity index (χ4n) is 2.09. The molecule has 0 bridgehead atoms. The summed E-state index contributed by atoms with van der Waals surface area (Å²) in [6.07, 6.45) is 4.00. The Kier molecular flexibility index (Phi) is 6.22. The van der Waals surface area contributed by atoms with Crippen LogP contribution in [0.2, 0.25) is 0 Å². The summed E-state index contributed by atoms with van der Waals surface area (Å²) in [5.41, 5.74) is 2.51. The van der Waals surface area contributed by atoms with Crippen molar-refractivity contribution >= 4 is 0 Å². The van der Waals surface area contributed by atoms with Crippen LogP contribution in [0.3, 0.4) is 0 Å². The molecule has 1 aromatic rings. The lowest BCUT2D eigenvalue weighted by Crippen LogP contribution is -2.25. The van der Waals surface area contributed by atoms with Crippen LogP contribution in [0.4, 0.5) is 0 Å². The van der Waals surface area contributed by atoms with E-state index in [2.05, 4.69) is 31.2 Å². The van der Waals surface area contributed by atoms with Crippen LogP contribution in [0.25, 0.3) is 0 Å². The largest absolute Gasteiger partial charge is 0.381 e. The van der Waals surface area contributed by atoms with Crippen LogP contribution in [-0.4, -0.2) is 29.5 Å². The first-order valence-corrected chi connectivity index (χ1v) is 6.50. The highest BCUT2D eigenvalue weighted by Gasteiger charge is 2.16. The number of aryl methyl sites for hydroxylation is 2. The van der Waals surface area contributed by atoms with Gasteiger partial charge < -0.3 is 10.1 Å². The first-order chi connectivity index (χ1) is 8.20. The Morgan fingerprint density at radius 2 is 2.18 bits per heavy atom. The van der Waals surface area contributed by atoms with Crippen molar-refractivity contribution in [1.29, 1.82) is 0 Å². The summed E-state index contributed by atoms with van der Waals surface area (Å²) in [4.78, 5) is 0. The van der Waals surface area contributed by atoms with Crippen LogP contribution in [0.1, 0.15) is 44.0 Å². The highest BCUT2D eigenvalue weighted by molar-refractivity contribution is 5.19. The van der Waals surface area contributed by atoms with Gasteiger partial charge in [0, 0.05) is 20.3 Å². The molecule has 0 saturated carbocycles. The van der Waals surface area contributed by atoms with Crippen LogP contribution >= 0.6 is 0 Å². The number of hydrogen-bond acceptors (Lipinski definition) is 3. The van der Waals surface area contributed by atoms with E-state index in [4.69, 9.17) is 4.74 Å². The second-order valence-electron chi connectivity index (χ2n) is 4.35. The first-order valence-electron chi connectivity index (χ1n) is 6.50. The fourth-order valence-corrected chi connectivity index (χ4v) is 2.09. The molecule has 98 valence electrons. The van der Waals surface area contributed by atoms with Crippen molar-refractivity contribution in [3.63, 3.8) is 0 Å². The molecule has 1 unspecified atom stereocenters. The van der Waals surface area contributed by atoms with Gasteiger partial charge in [0.05, 0.1) is 17.9 Å². The minimum atomic E-state index is 0.337. The molecule has 1 atom stereocenters. The summed E-state index contributed by atoms with van der Waals surface area (Å²) in [6.45, 7) is 8.99. The zero-order chi connectivity index (χ0) is 12.7. The lowest BCUT2D eigenvalue weighted by Gasteiger charge is -2.19. The predicted molar refractivity (Wildman–Crippen MR) is 70.1 cm³/mol. The Morgan fingerprint density at radius 1 is 1.41 bits per heavy atom. The Labute approximate surface area is 104 Å². The molecule has 1 rings (SSSR count). The molecule has 1 aromatic heterocycles. The molecule has 0 aromatic carbocycles. The van der Waals surface area contributed by atoms with Gasteiger partial charge in [-0.25, -0.2) is 0 Å². The highest BCUT2D eigenvalue weighted by atomic mass is 16.5. The number of hydrogen-bond donors (Lipinski definition) is 1. The summed E-state index contributed by atoms with van der Waals surface area (Å²) >= 11 is 0. The maximum atomic E-state index is 5.57. The van der Waals surface area contributed by atoms with Gasteiger partial charge in [-0.05, 0) is 31.9 Å². The number of ether oxygens (including phenoxy) is 1. The lowest BCUT2D eigenvalue weighted by molar-refractivity contribution is 0.124. The Bertz CT molecular complexity index is 303. The van der Waals surface area contributed by atoms with Crippen molar-refractivity contribution in [3.8, 4) is 0 Å². The maximum absolute atomic E-state index is 5.57. The summed E-state index contributed by atoms with van der Waals surface area (Å²) in [5, 5.41) is 7.80. The predicted octanol–water partition coefficient (Wildman–Crippen LogP) is 2.20. The zero-order valence-electron chi connectivity index (χ0n) is 11.5. The Balaban J connectivity index is 2.59. The van der Waals surface area contributed by atoms with Crippen molar-refractivity contribution in [1.82, 2.24) is 15.1 Å². The molecule has 0 aliphatic carbocycles. The molecule has 0 spiro atoms. The van der Waals surface area contributed by atoms with Gasteiger partial charge in [-0.15, -0.1) is 0 Å². The third-order valence-corrected chi connectivity index (χ3v) is 2.86. The molecule has 0 aliphatic rings. The monoisotopic (exact) mass is 239 g/mol. The smallest absolute Gasteiger partial charge is 0.0580 e. The van der Waals surface area contributed by atoms with E-state index >= 15 is 0 Å². The second kappa shape index (κ2) is 7.45. The van der Waals surface area contributed by atoms with Crippen molar-refractivity contribution < 1.29 is 4.74 Å². The van der Waals surface area contributed by atoms with Gasteiger partial charge in [-0.3, -0.25) is 4.68 Å². The molecular weight excluding hydrogens is 214 g/mol. The summed E-state index contributed by atoms with van der Waals surface area (Å²) in [5.74, 6) is 0. The van der Waals surface area contributed by atoms with Gasteiger partial charge in [0.2, 0.25) is 0 Å². The normalized spacial score (nSPS) is 12.9. The summed E-state index contributed by atoms with van der Waals surface area (Å²) in [6, 6.07) is 0.337. The van der Waals surface area contributed by atoms with Crippen LogP contribution in [0.5, 0.6) is 0 Å². The van der Waals surface area contributed by atoms with Crippen LogP contribution in [0, 0.1) is 6.92 Å². The van der Waals surface area contributed by atoms with Gasteiger partial charge in [0.15, 0.2) is 0 Å². The molecule has 1 N–H and O–H groups in total. The third kappa shape index (κ3) is 4.13. The Morgan fingerprint density at radius 3 is 2.71 bits per heavy atom. The number of nitrogens with zero attached hydrogens (tertiary/aromatic N) is 2. The van der Waals surface area contributed by atoms with Crippen molar-refractivity contribution in [3.05, 3.63) is 17.5 Å². The third-order valence-electron chi connectivity index (χ3n) is 2.86. The zero-order valence-corrected chi connectivity index (χ0v) is 11.5. The molecule has 0 radical (unpaired) electrons. The maximum Gasteiger partial charge on any atom is 0.0580 e. The average molecular weight is 239 g/mol. The number of aromatic nitrogens is 2. The van der Waals surface area contributed by atoms with Crippen molar-refractivity contribution in [2.75, 3.05) is 19.8 Å². The van der Waals surface area contributed by atoms with Gasteiger partial charge in [-0.1, -0.05) is 13.8 Å². The van der Waals surface area contributed by atoms with Gasteiger partial charge in [0.25, 0.3) is 0 Å². The van der Waals surface area contributed by atoms with E-state index in [1.807, 2.05) is 17.9 Å². The molecular formula is C13H25N3O.